The Morgan fingerprint density at radius 1 is 0.692 bits per heavy atom. The van der Waals surface area contributed by atoms with Crippen LogP contribution >= 0.6 is 58.0 Å². The summed E-state index contributed by atoms with van der Waals surface area (Å²) in [5, 5.41) is -2.10. The predicted octanol–water partition coefficient (Wildman–Crippen LogP) is 3.05. The first-order chi connectivity index (χ1) is 6.00. The third-order valence-corrected chi connectivity index (χ3v) is 5.30. The zero-order valence-corrected chi connectivity index (χ0v) is 10.5. The Hall–Kier alpha value is 1.41. The number of hydrogen-bond acceptors (Lipinski definition) is 1. The average Bonchev–Trinajstić information content (AvgIpc) is 2.13. The van der Waals surface area contributed by atoms with Crippen LogP contribution < -0.4 is 0 Å². The molecule has 1 aliphatic carbocycles. The monoisotopic (exact) mass is 284 g/mol. The normalized spacial score (nSPS) is 52.2. The Kier molecular flexibility index (Phi) is 4.76. The SMILES string of the molecule is COC1[C@@H](Cl)[C@H](Cl)C(Cl)[C@@H](Cl)[C@@H]1Cl. The zero-order chi connectivity index (χ0) is 10.2. The summed E-state index contributed by atoms with van der Waals surface area (Å²) in [7, 11) is 1.53. The van der Waals surface area contributed by atoms with Gasteiger partial charge in [-0.2, -0.15) is 0 Å². The van der Waals surface area contributed by atoms with Gasteiger partial charge in [0.1, 0.15) is 0 Å². The second kappa shape index (κ2) is 4.96. The number of hydrogen-bond donors (Lipinski definition) is 0. The summed E-state index contributed by atoms with van der Waals surface area (Å²) in [5.41, 5.74) is 0. The number of ether oxygens (including phenoxy) is 1. The first-order valence-electron chi connectivity index (χ1n) is 3.74. The van der Waals surface area contributed by atoms with Crippen molar-refractivity contribution < 1.29 is 4.74 Å². The molecule has 6 heteroatoms. The third-order valence-electron chi connectivity index (χ3n) is 2.12. The molecule has 0 aromatic carbocycles. The van der Waals surface area contributed by atoms with Gasteiger partial charge in [0.25, 0.3) is 0 Å². The van der Waals surface area contributed by atoms with Crippen LogP contribution in [-0.2, 0) is 4.74 Å². The van der Waals surface area contributed by atoms with E-state index >= 15 is 0 Å². The van der Waals surface area contributed by atoms with Crippen molar-refractivity contribution in [2.75, 3.05) is 7.11 Å². The van der Waals surface area contributed by atoms with Crippen LogP contribution in [0.25, 0.3) is 0 Å². The van der Waals surface area contributed by atoms with E-state index in [0.717, 1.165) is 0 Å². The molecule has 0 aromatic rings. The largest absolute Gasteiger partial charge is 0.378 e. The van der Waals surface area contributed by atoms with Crippen LogP contribution in [0.5, 0.6) is 0 Å². The highest BCUT2D eigenvalue weighted by molar-refractivity contribution is 6.41. The van der Waals surface area contributed by atoms with Crippen LogP contribution in [0.3, 0.4) is 0 Å². The summed E-state index contributed by atoms with van der Waals surface area (Å²) in [6.45, 7) is 0. The van der Waals surface area contributed by atoms with Crippen molar-refractivity contribution in [3.63, 3.8) is 0 Å². The van der Waals surface area contributed by atoms with E-state index in [-0.39, 0.29) is 6.10 Å². The zero-order valence-electron chi connectivity index (χ0n) is 6.76. The summed E-state index contributed by atoms with van der Waals surface area (Å²) in [6, 6.07) is 0. The Morgan fingerprint density at radius 3 is 1.31 bits per heavy atom. The maximum atomic E-state index is 6.00. The molecule has 0 N–H and O–H groups in total. The predicted molar refractivity (Wildman–Crippen MR) is 59.0 cm³/mol. The van der Waals surface area contributed by atoms with Gasteiger partial charge in [0.2, 0.25) is 0 Å². The molecule has 13 heavy (non-hydrogen) atoms. The molecule has 0 amide bonds. The highest BCUT2D eigenvalue weighted by Crippen LogP contribution is 2.38. The summed E-state index contributed by atoms with van der Waals surface area (Å²) < 4.78 is 5.11. The van der Waals surface area contributed by atoms with Gasteiger partial charge in [0.05, 0.1) is 33.0 Å². The second-order valence-corrected chi connectivity index (χ2v) is 5.44. The number of methoxy groups -OCH3 is 1. The van der Waals surface area contributed by atoms with Gasteiger partial charge in [-0.25, -0.2) is 0 Å². The summed E-state index contributed by atoms with van der Waals surface area (Å²) in [4.78, 5) is 0. The molecular weight excluding hydrogens is 277 g/mol. The van der Waals surface area contributed by atoms with Gasteiger partial charge >= 0.3 is 0 Å². The minimum absolute atomic E-state index is 0.358. The number of halogens is 5. The molecule has 1 saturated carbocycles. The fourth-order valence-electron chi connectivity index (χ4n) is 1.32. The highest BCUT2D eigenvalue weighted by atomic mass is 35.5. The van der Waals surface area contributed by atoms with E-state index in [1.54, 1.807) is 0 Å². The fraction of sp³-hybridized carbons (Fsp3) is 1.00. The van der Waals surface area contributed by atoms with Crippen molar-refractivity contribution >= 4 is 58.0 Å². The number of rotatable bonds is 1. The molecule has 0 saturated heterocycles. The quantitative estimate of drug-likeness (QED) is 0.673. The van der Waals surface area contributed by atoms with Gasteiger partial charge < -0.3 is 4.74 Å². The molecule has 78 valence electrons. The second-order valence-electron chi connectivity index (χ2n) is 2.92. The molecule has 1 nitrogen and oxygen atoms in total. The smallest absolute Gasteiger partial charge is 0.0927 e. The maximum absolute atomic E-state index is 6.00. The van der Waals surface area contributed by atoms with E-state index < -0.39 is 26.9 Å². The van der Waals surface area contributed by atoms with Crippen LogP contribution in [0.2, 0.25) is 0 Å². The Balaban J connectivity index is 2.79. The molecular formula is C7H9Cl5O. The van der Waals surface area contributed by atoms with E-state index in [2.05, 4.69) is 0 Å². The average molecular weight is 286 g/mol. The third kappa shape index (κ3) is 2.32. The molecule has 0 spiro atoms. The molecule has 0 aromatic heterocycles. The van der Waals surface area contributed by atoms with Crippen LogP contribution in [0.15, 0.2) is 0 Å². The lowest BCUT2D eigenvalue weighted by Crippen LogP contribution is -2.55. The molecule has 1 aliphatic rings. The van der Waals surface area contributed by atoms with Gasteiger partial charge in [0, 0.05) is 7.11 Å². The van der Waals surface area contributed by atoms with Crippen molar-refractivity contribution in [2.45, 2.75) is 33.0 Å². The van der Waals surface area contributed by atoms with Gasteiger partial charge in [-0.3, -0.25) is 0 Å². The molecule has 0 heterocycles. The van der Waals surface area contributed by atoms with Crippen molar-refractivity contribution in [1.29, 1.82) is 0 Å². The van der Waals surface area contributed by atoms with Crippen LogP contribution in [0.4, 0.5) is 0 Å². The standard InChI is InChI=1S/C7H9Cl5O/c1-13-7-5(11)3(9)2(8)4(10)6(7)12/h2-7H,1H3/t2?,3-,4-,5+,6+,7?/m1/s1. The highest BCUT2D eigenvalue weighted by Gasteiger charge is 2.47. The first-order valence-corrected chi connectivity index (χ1v) is 5.92. The maximum Gasteiger partial charge on any atom is 0.0927 e. The lowest BCUT2D eigenvalue weighted by atomic mass is 9.95. The lowest BCUT2D eigenvalue weighted by molar-refractivity contribution is 0.0812. The van der Waals surface area contributed by atoms with Crippen molar-refractivity contribution in [2.24, 2.45) is 0 Å². The van der Waals surface area contributed by atoms with Crippen LogP contribution in [-0.4, -0.2) is 40.1 Å². The van der Waals surface area contributed by atoms with E-state index in [1.165, 1.54) is 7.11 Å². The van der Waals surface area contributed by atoms with Gasteiger partial charge in [-0.15, -0.1) is 58.0 Å². The minimum atomic E-state index is -0.431. The topological polar surface area (TPSA) is 9.23 Å². The molecule has 0 aliphatic heterocycles. The van der Waals surface area contributed by atoms with Gasteiger partial charge in [0.15, 0.2) is 0 Å². The first kappa shape index (κ1) is 12.5. The van der Waals surface area contributed by atoms with Gasteiger partial charge in [-0.1, -0.05) is 0 Å². The summed E-state index contributed by atoms with van der Waals surface area (Å²) in [5.74, 6) is 0. The summed E-state index contributed by atoms with van der Waals surface area (Å²) >= 11 is 29.9. The van der Waals surface area contributed by atoms with E-state index in [9.17, 15) is 0 Å². The molecule has 0 radical (unpaired) electrons. The van der Waals surface area contributed by atoms with Crippen LogP contribution in [0, 0.1) is 0 Å². The molecule has 1 fully saturated rings. The Morgan fingerprint density at radius 2 is 1.00 bits per heavy atom. The molecule has 0 bridgehead atoms. The molecule has 4 atom stereocenters. The summed E-state index contributed by atoms with van der Waals surface area (Å²) in [6.07, 6.45) is -0.358. The lowest BCUT2D eigenvalue weighted by Gasteiger charge is -2.39. The van der Waals surface area contributed by atoms with Crippen molar-refractivity contribution in [1.82, 2.24) is 0 Å². The van der Waals surface area contributed by atoms with E-state index in [0.29, 0.717) is 0 Å². The number of alkyl halides is 5. The van der Waals surface area contributed by atoms with Crippen LogP contribution in [0.1, 0.15) is 0 Å². The van der Waals surface area contributed by atoms with E-state index in [1.807, 2.05) is 0 Å². The molecule has 0 unspecified atom stereocenters. The molecule has 1 rings (SSSR count). The van der Waals surface area contributed by atoms with Crippen molar-refractivity contribution in [3.05, 3.63) is 0 Å². The van der Waals surface area contributed by atoms with Crippen molar-refractivity contribution in [3.8, 4) is 0 Å². The minimum Gasteiger partial charge on any atom is -0.378 e. The fourth-order valence-corrected chi connectivity index (χ4v) is 3.37. The van der Waals surface area contributed by atoms with Gasteiger partial charge in [-0.05, 0) is 0 Å². The Bertz CT molecular complexity index is 162. The Labute approximate surface area is 103 Å². The van der Waals surface area contributed by atoms with E-state index in [4.69, 9.17) is 62.7 Å².